The minimum absolute atomic E-state index is 0.0456. The number of aromatic nitrogens is 3. The van der Waals surface area contributed by atoms with Crippen LogP contribution in [0.1, 0.15) is 17.4 Å². The fraction of sp³-hybridized carbons (Fsp3) is 0.263. The summed E-state index contributed by atoms with van der Waals surface area (Å²) in [6.07, 6.45) is 5.36. The zero-order valence-corrected chi connectivity index (χ0v) is 13.7. The second-order valence-electron chi connectivity index (χ2n) is 6.11. The van der Waals surface area contributed by atoms with Crippen molar-refractivity contribution < 1.29 is 9.13 Å². The third-order valence-electron chi connectivity index (χ3n) is 4.42. The summed E-state index contributed by atoms with van der Waals surface area (Å²) in [5.74, 6) is 0.585. The largest absolute Gasteiger partial charge is 0.378 e. The van der Waals surface area contributed by atoms with Gasteiger partial charge >= 0.3 is 0 Å². The first-order chi connectivity index (χ1) is 12.3. The Bertz CT molecular complexity index is 836. The molecule has 0 radical (unpaired) electrons. The van der Waals surface area contributed by atoms with Gasteiger partial charge in [-0.2, -0.15) is 0 Å². The molecule has 3 heterocycles. The van der Waals surface area contributed by atoms with Crippen molar-refractivity contribution in [3.8, 4) is 11.3 Å². The zero-order valence-electron chi connectivity index (χ0n) is 13.7. The average Bonchev–Trinajstić information content (AvgIpc) is 3.13. The van der Waals surface area contributed by atoms with Crippen molar-refractivity contribution in [1.29, 1.82) is 0 Å². The molecule has 1 unspecified atom stereocenters. The first-order valence-corrected chi connectivity index (χ1v) is 8.31. The number of aromatic amines is 1. The molecule has 5 nitrogen and oxygen atoms in total. The van der Waals surface area contributed by atoms with E-state index in [1.54, 1.807) is 24.7 Å². The molecule has 6 heteroatoms. The molecule has 1 saturated heterocycles. The van der Waals surface area contributed by atoms with Crippen LogP contribution in [0.5, 0.6) is 0 Å². The normalized spacial score (nSPS) is 18.4. The number of morpholine rings is 1. The lowest BCUT2D eigenvalue weighted by Crippen LogP contribution is -2.39. The highest BCUT2D eigenvalue weighted by molar-refractivity contribution is 5.58. The quantitative estimate of drug-likeness (QED) is 0.794. The van der Waals surface area contributed by atoms with Crippen LogP contribution >= 0.6 is 0 Å². The van der Waals surface area contributed by atoms with Crippen LogP contribution in [0, 0.1) is 5.82 Å². The van der Waals surface area contributed by atoms with Crippen molar-refractivity contribution in [3.63, 3.8) is 0 Å². The molecule has 3 aromatic rings. The highest BCUT2D eigenvalue weighted by atomic mass is 19.1. The van der Waals surface area contributed by atoms with Crippen molar-refractivity contribution in [2.75, 3.05) is 19.8 Å². The molecule has 4 rings (SSSR count). The number of H-pyrrole nitrogens is 1. The van der Waals surface area contributed by atoms with Crippen LogP contribution in [0.3, 0.4) is 0 Å². The predicted octanol–water partition coefficient (Wildman–Crippen LogP) is 3.18. The summed E-state index contributed by atoms with van der Waals surface area (Å²) in [5, 5.41) is 0. The van der Waals surface area contributed by atoms with Gasteiger partial charge in [0.2, 0.25) is 0 Å². The van der Waals surface area contributed by atoms with Crippen molar-refractivity contribution in [2.45, 2.75) is 12.6 Å². The SMILES string of the molecule is Fc1cccc(-c2cnc(C3COCCN3Cc3ccncc3)[nH]2)c1. The Hall–Kier alpha value is -2.57. The smallest absolute Gasteiger partial charge is 0.126 e. The van der Waals surface area contributed by atoms with Gasteiger partial charge in [-0.1, -0.05) is 12.1 Å². The van der Waals surface area contributed by atoms with E-state index in [0.717, 1.165) is 30.2 Å². The Morgan fingerprint density at radius 3 is 2.96 bits per heavy atom. The molecular formula is C19H19FN4O. The molecule has 1 aromatic carbocycles. The van der Waals surface area contributed by atoms with Gasteiger partial charge in [-0.25, -0.2) is 9.37 Å². The summed E-state index contributed by atoms with van der Waals surface area (Å²) in [4.78, 5) is 14.3. The molecule has 1 aliphatic heterocycles. The molecule has 0 saturated carbocycles. The Morgan fingerprint density at radius 2 is 2.12 bits per heavy atom. The van der Waals surface area contributed by atoms with E-state index in [-0.39, 0.29) is 11.9 Å². The molecule has 128 valence electrons. The predicted molar refractivity (Wildman–Crippen MR) is 92.2 cm³/mol. The van der Waals surface area contributed by atoms with E-state index in [1.165, 1.54) is 17.7 Å². The van der Waals surface area contributed by atoms with Crippen molar-refractivity contribution >= 4 is 0 Å². The summed E-state index contributed by atoms with van der Waals surface area (Å²) in [7, 11) is 0. The van der Waals surface area contributed by atoms with E-state index in [9.17, 15) is 4.39 Å². The summed E-state index contributed by atoms with van der Waals surface area (Å²) >= 11 is 0. The Labute approximate surface area is 145 Å². The minimum atomic E-state index is -0.256. The van der Waals surface area contributed by atoms with Gasteiger partial charge in [0.05, 0.1) is 31.1 Å². The van der Waals surface area contributed by atoms with E-state index < -0.39 is 0 Å². The third-order valence-corrected chi connectivity index (χ3v) is 4.42. The zero-order chi connectivity index (χ0) is 17.1. The number of hydrogen-bond donors (Lipinski definition) is 1. The summed E-state index contributed by atoms with van der Waals surface area (Å²) in [6.45, 7) is 2.94. The monoisotopic (exact) mass is 338 g/mol. The molecule has 25 heavy (non-hydrogen) atoms. The lowest BCUT2D eigenvalue weighted by Gasteiger charge is -2.34. The minimum Gasteiger partial charge on any atom is -0.378 e. The summed E-state index contributed by atoms with van der Waals surface area (Å²) in [6, 6.07) is 10.6. The number of rotatable bonds is 4. The number of imidazole rings is 1. The van der Waals surface area contributed by atoms with Crippen LogP contribution in [-0.4, -0.2) is 39.6 Å². The van der Waals surface area contributed by atoms with Crippen LogP contribution in [0.15, 0.2) is 55.0 Å². The molecule has 1 atom stereocenters. The van der Waals surface area contributed by atoms with Crippen molar-refractivity contribution in [2.24, 2.45) is 0 Å². The molecular weight excluding hydrogens is 319 g/mol. The molecule has 1 N–H and O–H groups in total. The number of benzene rings is 1. The topological polar surface area (TPSA) is 54.0 Å². The van der Waals surface area contributed by atoms with E-state index in [1.807, 2.05) is 18.2 Å². The van der Waals surface area contributed by atoms with Gasteiger partial charge in [-0.05, 0) is 29.8 Å². The summed E-state index contributed by atoms with van der Waals surface area (Å²) in [5.41, 5.74) is 2.80. The molecule has 1 aliphatic rings. The number of ether oxygens (including phenoxy) is 1. The van der Waals surface area contributed by atoms with Gasteiger partial charge in [0, 0.05) is 31.0 Å². The number of nitrogens with one attached hydrogen (secondary N) is 1. The van der Waals surface area contributed by atoms with E-state index >= 15 is 0 Å². The van der Waals surface area contributed by atoms with Crippen molar-refractivity contribution in [3.05, 3.63) is 72.2 Å². The van der Waals surface area contributed by atoms with Gasteiger partial charge in [-0.3, -0.25) is 9.88 Å². The first kappa shape index (κ1) is 15.9. The fourth-order valence-electron chi connectivity index (χ4n) is 3.11. The van der Waals surface area contributed by atoms with Crippen molar-refractivity contribution in [1.82, 2.24) is 19.9 Å². The maximum atomic E-state index is 13.5. The summed E-state index contributed by atoms with van der Waals surface area (Å²) < 4.78 is 19.1. The molecule has 0 aliphatic carbocycles. The van der Waals surface area contributed by atoms with E-state index in [0.29, 0.717) is 13.2 Å². The highest BCUT2D eigenvalue weighted by Gasteiger charge is 2.27. The Morgan fingerprint density at radius 1 is 1.24 bits per heavy atom. The van der Waals surface area contributed by atoms with Gasteiger partial charge in [0.15, 0.2) is 0 Å². The standard InChI is InChI=1S/C19H19FN4O/c20-16-3-1-2-15(10-16)17-11-22-19(23-17)18-13-25-9-8-24(18)12-14-4-6-21-7-5-14/h1-7,10-11,18H,8-9,12-13H2,(H,22,23). The second-order valence-corrected chi connectivity index (χ2v) is 6.11. The van der Waals surface area contributed by atoms with Gasteiger partial charge < -0.3 is 9.72 Å². The molecule has 2 aromatic heterocycles. The van der Waals surface area contributed by atoms with E-state index in [4.69, 9.17) is 4.74 Å². The van der Waals surface area contributed by atoms with E-state index in [2.05, 4.69) is 19.9 Å². The first-order valence-electron chi connectivity index (χ1n) is 8.31. The Balaban J connectivity index is 1.57. The fourth-order valence-corrected chi connectivity index (χ4v) is 3.11. The molecule has 0 bridgehead atoms. The molecule has 0 amide bonds. The highest BCUT2D eigenvalue weighted by Crippen LogP contribution is 2.26. The lowest BCUT2D eigenvalue weighted by atomic mass is 10.1. The Kier molecular flexibility index (Phi) is 4.54. The van der Waals surface area contributed by atoms with Crippen LogP contribution < -0.4 is 0 Å². The average molecular weight is 338 g/mol. The lowest BCUT2D eigenvalue weighted by molar-refractivity contribution is -0.0156. The van der Waals surface area contributed by atoms with Gasteiger partial charge in [0.25, 0.3) is 0 Å². The molecule has 0 spiro atoms. The van der Waals surface area contributed by atoms with Crippen LogP contribution in [0.2, 0.25) is 0 Å². The number of pyridine rings is 1. The maximum absolute atomic E-state index is 13.5. The molecule has 1 fully saturated rings. The second kappa shape index (κ2) is 7.13. The van der Waals surface area contributed by atoms with Crippen LogP contribution in [0.25, 0.3) is 11.3 Å². The van der Waals surface area contributed by atoms with Crippen LogP contribution in [-0.2, 0) is 11.3 Å². The maximum Gasteiger partial charge on any atom is 0.126 e. The van der Waals surface area contributed by atoms with Gasteiger partial charge in [-0.15, -0.1) is 0 Å². The van der Waals surface area contributed by atoms with Crippen LogP contribution in [0.4, 0.5) is 4.39 Å². The third kappa shape index (κ3) is 3.60. The number of halogens is 1. The number of hydrogen-bond acceptors (Lipinski definition) is 4. The number of nitrogens with zero attached hydrogens (tertiary/aromatic N) is 3. The van der Waals surface area contributed by atoms with Gasteiger partial charge in [0.1, 0.15) is 11.6 Å².